The van der Waals surface area contributed by atoms with Crippen LogP contribution in [-0.4, -0.2) is 17.5 Å². The van der Waals surface area contributed by atoms with Gasteiger partial charge in [0.1, 0.15) is 12.6 Å². The van der Waals surface area contributed by atoms with Gasteiger partial charge in [0.05, 0.1) is 4.92 Å². The lowest BCUT2D eigenvalue weighted by atomic mass is 9.98. The zero-order valence-corrected chi connectivity index (χ0v) is 7.83. The summed E-state index contributed by atoms with van der Waals surface area (Å²) in [7, 11) is 0. The molecule has 0 aliphatic carbocycles. The molecule has 0 radical (unpaired) electrons. The monoisotopic (exact) mass is 207 g/mol. The summed E-state index contributed by atoms with van der Waals surface area (Å²) in [5, 5.41) is 10.4. The van der Waals surface area contributed by atoms with Crippen LogP contribution in [-0.2, 0) is 9.59 Å². The van der Waals surface area contributed by atoms with Crippen molar-refractivity contribution in [1.29, 1.82) is 0 Å². The number of nitro groups is 1. The van der Waals surface area contributed by atoms with Crippen molar-refractivity contribution in [2.24, 2.45) is 0 Å². The standard InChI is InChI=1S/C10H9NO4/c12-6-5-9(7-13)8-1-3-10(4-2-8)11(14)15/h1-4,6-7,9H,5H2. The molecular formula is C10H9NO4. The van der Waals surface area contributed by atoms with Gasteiger partial charge in [-0.2, -0.15) is 0 Å². The first kappa shape index (κ1) is 11.0. The summed E-state index contributed by atoms with van der Waals surface area (Å²) in [6, 6.07) is 5.61. The molecule has 1 atom stereocenters. The van der Waals surface area contributed by atoms with E-state index in [9.17, 15) is 19.7 Å². The van der Waals surface area contributed by atoms with E-state index in [-0.39, 0.29) is 12.1 Å². The Balaban J connectivity index is 2.91. The molecule has 0 saturated heterocycles. The molecule has 15 heavy (non-hydrogen) atoms. The van der Waals surface area contributed by atoms with Crippen LogP contribution in [0.3, 0.4) is 0 Å². The lowest BCUT2D eigenvalue weighted by Crippen LogP contribution is -2.01. The minimum atomic E-state index is -0.514. The first-order chi connectivity index (χ1) is 7.19. The van der Waals surface area contributed by atoms with Gasteiger partial charge < -0.3 is 9.59 Å². The average Bonchev–Trinajstić information content (AvgIpc) is 2.26. The molecule has 0 heterocycles. The van der Waals surface area contributed by atoms with Gasteiger partial charge in [-0.25, -0.2) is 0 Å². The van der Waals surface area contributed by atoms with Crippen LogP contribution in [0.15, 0.2) is 24.3 Å². The molecule has 5 nitrogen and oxygen atoms in total. The second kappa shape index (κ2) is 4.99. The third-order valence-corrected chi connectivity index (χ3v) is 2.05. The number of nitro benzene ring substituents is 1. The Hall–Kier alpha value is -2.04. The number of aldehydes is 2. The van der Waals surface area contributed by atoms with Crippen LogP contribution in [0.2, 0.25) is 0 Å². The van der Waals surface area contributed by atoms with Gasteiger partial charge in [-0.3, -0.25) is 10.1 Å². The summed E-state index contributed by atoms with van der Waals surface area (Å²) in [5.41, 5.74) is 0.581. The molecular weight excluding hydrogens is 198 g/mol. The van der Waals surface area contributed by atoms with Crippen molar-refractivity contribution in [3.8, 4) is 0 Å². The third kappa shape index (κ3) is 2.70. The van der Waals surface area contributed by atoms with Gasteiger partial charge in [0.2, 0.25) is 0 Å². The van der Waals surface area contributed by atoms with Crippen molar-refractivity contribution >= 4 is 18.3 Å². The summed E-state index contributed by atoms with van der Waals surface area (Å²) in [4.78, 5) is 30.7. The third-order valence-electron chi connectivity index (χ3n) is 2.05. The van der Waals surface area contributed by atoms with E-state index < -0.39 is 10.8 Å². The van der Waals surface area contributed by atoms with Crippen molar-refractivity contribution in [1.82, 2.24) is 0 Å². The van der Waals surface area contributed by atoms with Crippen molar-refractivity contribution in [2.75, 3.05) is 0 Å². The minimum absolute atomic E-state index is 0.0329. The summed E-state index contributed by atoms with van der Waals surface area (Å²) < 4.78 is 0. The predicted molar refractivity (Wildman–Crippen MR) is 52.6 cm³/mol. The van der Waals surface area contributed by atoms with Gasteiger partial charge in [0.25, 0.3) is 5.69 Å². The number of carbonyl (C=O) groups excluding carboxylic acids is 2. The van der Waals surface area contributed by atoms with E-state index in [1.807, 2.05) is 0 Å². The molecule has 0 aromatic heterocycles. The highest BCUT2D eigenvalue weighted by Gasteiger charge is 2.11. The normalized spacial score (nSPS) is 11.7. The van der Waals surface area contributed by atoms with Crippen molar-refractivity contribution in [2.45, 2.75) is 12.3 Å². The van der Waals surface area contributed by atoms with E-state index in [2.05, 4.69) is 0 Å². The quantitative estimate of drug-likeness (QED) is 0.416. The summed E-state index contributed by atoms with van der Waals surface area (Å²) >= 11 is 0. The van der Waals surface area contributed by atoms with Crippen LogP contribution >= 0.6 is 0 Å². The van der Waals surface area contributed by atoms with Crippen molar-refractivity contribution < 1.29 is 14.5 Å². The first-order valence-electron chi connectivity index (χ1n) is 4.32. The molecule has 0 aliphatic rings. The molecule has 5 heteroatoms. The second-order valence-corrected chi connectivity index (χ2v) is 2.99. The van der Waals surface area contributed by atoms with Gasteiger partial charge >= 0.3 is 0 Å². The van der Waals surface area contributed by atoms with Crippen LogP contribution < -0.4 is 0 Å². The van der Waals surface area contributed by atoms with Gasteiger partial charge in [0, 0.05) is 24.5 Å². The highest BCUT2D eigenvalue weighted by molar-refractivity contribution is 5.68. The molecule has 0 amide bonds. The summed E-state index contributed by atoms with van der Waals surface area (Å²) in [6.07, 6.45) is 1.41. The lowest BCUT2D eigenvalue weighted by Gasteiger charge is -2.05. The maximum atomic E-state index is 10.6. The highest BCUT2D eigenvalue weighted by Crippen LogP contribution is 2.19. The van der Waals surface area contributed by atoms with Crippen LogP contribution in [0.1, 0.15) is 17.9 Å². The lowest BCUT2D eigenvalue weighted by molar-refractivity contribution is -0.384. The fraction of sp³-hybridized carbons (Fsp3) is 0.200. The molecule has 0 fully saturated rings. The largest absolute Gasteiger partial charge is 0.303 e. The summed E-state index contributed by atoms with van der Waals surface area (Å²) in [5.74, 6) is -0.511. The maximum Gasteiger partial charge on any atom is 0.269 e. The molecule has 0 spiro atoms. The van der Waals surface area contributed by atoms with Gasteiger partial charge in [-0.1, -0.05) is 12.1 Å². The second-order valence-electron chi connectivity index (χ2n) is 2.99. The van der Waals surface area contributed by atoms with Crippen molar-refractivity contribution in [3.05, 3.63) is 39.9 Å². The van der Waals surface area contributed by atoms with E-state index in [0.717, 1.165) is 0 Å². The Morgan fingerprint density at radius 2 is 1.87 bits per heavy atom. The van der Waals surface area contributed by atoms with Crippen LogP contribution in [0.5, 0.6) is 0 Å². The number of non-ortho nitro benzene ring substituents is 1. The number of carbonyl (C=O) groups is 2. The first-order valence-corrected chi connectivity index (χ1v) is 4.32. The smallest absolute Gasteiger partial charge is 0.269 e. The van der Waals surface area contributed by atoms with Gasteiger partial charge in [-0.15, -0.1) is 0 Å². The SMILES string of the molecule is O=CCC(C=O)c1ccc([N+](=O)[O-])cc1. The average molecular weight is 207 g/mol. The van der Waals surface area contributed by atoms with E-state index >= 15 is 0 Å². The van der Waals surface area contributed by atoms with Crippen LogP contribution in [0.25, 0.3) is 0 Å². The van der Waals surface area contributed by atoms with Gasteiger partial charge in [0.15, 0.2) is 0 Å². The Bertz CT molecular complexity index is 372. The molecule has 1 rings (SSSR count). The predicted octanol–water partition coefficient (Wildman–Crippen LogP) is 1.47. The van der Waals surface area contributed by atoms with Crippen LogP contribution in [0, 0.1) is 10.1 Å². The molecule has 0 saturated carbocycles. The number of nitrogens with zero attached hydrogens (tertiary/aromatic N) is 1. The van der Waals surface area contributed by atoms with E-state index in [1.165, 1.54) is 24.3 Å². The number of hydrogen-bond donors (Lipinski definition) is 0. The maximum absolute atomic E-state index is 10.6. The Labute approximate surface area is 85.9 Å². The zero-order chi connectivity index (χ0) is 11.3. The van der Waals surface area contributed by atoms with E-state index in [0.29, 0.717) is 18.1 Å². The molecule has 1 unspecified atom stereocenters. The molecule has 1 aromatic rings. The molecule has 78 valence electrons. The van der Waals surface area contributed by atoms with Crippen LogP contribution in [0.4, 0.5) is 5.69 Å². The number of hydrogen-bond acceptors (Lipinski definition) is 4. The van der Waals surface area contributed by atoms with E-state index in [4.69, 9.17) is 0 Å². The fourth-order valence-corrected chi connectivity index (χ4v) is 1.22. The Morgan fingerprint density at radius 3 is 2.27 bits per heavy atom. The topological polar surface area (TPSA) is 77.3 Å². The molecule has 0 bridgehead atoms. The van der Waals surface area contributed by atoms with Gasteiger partial charge in [-0.05, 0) is 5.56 Å². The van der Waals surface area contributed by atoms with E-state index in [1.54, 1.807) is 0 Å². The Kier molecular flexibility index (Phi) is 3.68. The molecule has 0 N–H and O–H groups in total. The minimum Gasteiger partial charge on any atom is -0.303 e. The highest BCUT2D eigenvalue weighted by atomic mass is 16.6. The zero-order valence-electron chi connectivity index (χ0n) is 7.83. The summed E-state index contributed by atoms with van der Waals surface area (Å²) in [6.45, 7) is 0. The Morgan fingerprint density at radius 1 is 1.27 bits per heavy atom. The fourth-order valence-electron chi connectivity index (χ4n) is 1.22. The number of benzene rings is 1. The molecule has 0 aliphatic heterocycles. The number of rotatable bonds is 5. The molecule has 1 aromatic carbocycles. The van der Waals surface area contributed by atoms with Crippen molar-refractivity contribution in [3.63, 3.8) is 0 Å².